The van der Waals surface area contributed by atoms with Crippen LogP contribution >= 0.6 is 0 Å². The number of benzene rings is 3. The van der Waals surface area contributed by atoms with E-state index in [0.29, 0.717) is 18.1 Å². The lowest BCUT2D eigenvalue weighted by atomic mass is 9.82. The first-order valence-corrected chi connectivity index (χ1v) is 12.4. The number of alkyl halides is 6. The van der Waals surface area contributed by atoms with Gasteiger partial charge in [0.15, 0.2) is 0 Å². The monoisotopic (exact) mass is 533 g/mol. The van der Waals surface area contributed by atoms with E-state index in [1.54, 1.807) is 0 Å². The van der Waals surface area contributed by atoms with Gasteiger partial charge in [0.2, 0.25) is 0 Å². The second kappa shape index (κ2) is 10.0. The number of hydrogen-bond donors (Lipinski definition) is 0. The zero-order valence-electron chi connectivity index (χ0n) is 20.3. The van der Waals surface area contributed by atoms with Gasteiger partial charge in [-0.05, 0) is 67.9 Å². The molecule has 0 spiro atoms. The molecule has 0 atom stereocenters. The summed E-state index contributed by atoms with van der Waals surface area (Å²) in [5.74, 6) is -0.783. The van der Waals surface area contributed by atoms with E-state index in [2.05, 4.69) is 28.8 Å². The molecule has 38 heavy (non-hydrogen) atoms. The number of fused-ring (bicyclic) bond motifs is 3. The predicted octanol–water partition coefficient (Wildman–Crippen LogP) is 8.50. The Morgan fingerprint density at radius 2 is 1.21 bits per heavy atom. The maximum absolute atomic E-state index is 13.1. The molecule has 3 aromatic carbocycles. The van der Waals surface area contributed by atoms with Gasteiger partial charge in [-0.1, -0.05) is 36.4 Å². The molecule has 0 bridgehead atoms. The number of rotatable bonds is 5. The summed E-state index contributed by atoms with van der Waals surface area (Å²) in [5.41, 5.74) is -1.49. The van der Waals surface area contributed by atoms with Crippen molar-refractivity contribution >= 4 is 27.8 Å². The molecule has 0 N–H and O–H groups in total. The first-order chi connectivity index (χ1) is 18.0. The maximum Gasteiger partial charge on any atom is 0.416 e. The van der Waals surface area contributed by atoms with Crippen LogP contribution in [0.2, 0.25) is 0 Å². The van der Waals surface area contributed by atoms with E-state index in [4.69, 9.17) is 4.74 Å². The lowest BCUT2D eigenvalue weighted by Gasteiger charge is -2.29. The van der Waals surface area contributed by atoms with E-state index in [1.165, 1.54) is 21.8 Å². The number of nitrogens with zero attached hydrogens (tertiary/aromatic N) is 1. The van der Waals surface area contributed by atoms with E-state index in [-0.39, 0.29) is 18.6 Å². The minimum Gasteiger partial charge on any atom is -0.462 e. The van der Waals surface area contributed by atoms with E-state index in [1.807, 2.05) is 24.3 Å². The average molecular weight is 534 g/mol. The van der Waals surface area contributed by atoms with E-state index in [0.717, 1.165) is 32.2 Å². The molecular weight excluding hydrogens is 508 g/mol. The topological polar surface area (TPSA) is 31.2 Å². The van der Waals surface area contributed by atoms with Gasteiger partial charge in [-0.15, -0.1) is 0 Å². The van der Waals surface area contributed by atoms with Crippen LogP contribution in [0.4, 0.5) is 26.3 Å². The number of halogens is 6. The average Bonchev–Trinajstić information content (AvgIpc) is 3.20. The number of hydrogen-bond acceptors (Lipinski definition) is 2. The summed E-state index contributed by atoms with van der Waals surface area (Å²) in [6.45, 7) is 0.795. The summed E-state index contributed by atoms with van der Waals surface area (Å²) < 4.78 is 86.1. The molecule has 1 aliphatic carbocycles. The molecule has 3 nitrogen and oxygen atoms in total. The van der Waals surface area contributed by atoms with Crippen molar-refractivity contribution in [3.05, 3.63) is 83.4 Å². The number of carbonyl (C=O) groups excluding carboxylic acids is 1. The third-order valence-electron chi connectivity index (χ3n) is 7.36. The first-order valence-electron chi connectivity index (χ1n) is 12.4. The number of para-hydroxylation sites is 2. The van der Waals surface area contributed by atoms with Crippen LogP contribution < -0.4 is 0 Å². The third kappa shape index (κ3) is 5.37. The van der Waals surface area contributed by atoms with Crippen LogP contribution in [-0.4, -0.2) is 17.1 Å². The van der Waals surface area contributed by atoms with Gasteiger partial charge in [-0.25, -0.2) is 4.79 Å². The fourth-order valence-corrected chi connectivity index (χ4v) is 5.39. The summed E-state index contributed by atoms with van der Waals surface area (Å²) >= 11 is 0. The van der Waals surface area contributed by atoms with Gasteiger partial charge in [0.1, 0.15) is 0 Å². The van der Waals surface area contributed by atoms with Crippen molar-refractivity contribution in [2.24, 2.45) is 11.8 Å². The highest BCUT2D eigenvalue weighted by molar-refractivity contribution is 6.07. The number of ether oxygens (including phenoxy) is 1. The van der Waals surface area contributed by atoms with Crippen LogP contribution in [0.5, 0.6) is 0 Å². The van der Waals surface area contributed by atoms with Crippen molar-refractivity contribution in [1.82, 2.24) is 4.57 Å². The lowest BCUT2D eigenvalue weighted by Crippen LogP contribution is -2.23. The minimum absolute atomic E-state index is 0.00114. The standard InChI is InChI=1S/C29H25F6NO2/c30-28(31,32)21-13-20(14-22(15-21)29(33,34)35)27(37)38-17-19-11-9-18(10-12-19)16-36-25-7-3-1-5-23(25)24-6-2-4-8-26(24)36/h1-8,13-15,18-19H,9-12,16-17H2. The number of aromatic nitrogens is 1. The van der Waals surface area contributed by atoms with Gasteiger partial charge in [-0.2, -0.15) is 26.3 Å². The Morgan fingerprint density at radius 3 is 1.71 bits per heavy atom. The van der Waals surface area contributed by atoms with Crippen LogP contribution in [-0.2, 0) is 23.6 Å². The molecule has 4 aromatic rings. The molecule has 0 unspecified atom stereocenters. The molecule has 5 rings (SSSR count). The van der Waals surface area contributed by atoms with Crippen molar-refractivity contribution in [3.8, 4) is 0 Å². The van der Waals surface area contributed by atoms with Crippen molar-refractivity contribution in [1.29, 1.82) is 0 Å². The largest absolute Gasteiger partial charge is 0.462 e. The molecule has 1 aromatic heterocycles. The van der Waals surface area contributed by atoms with Gasteiger partial charge in [-0.3, -0.25) is 0 Å². The van der Waals surface area contributed by atoms with Crippen LogP contribution in [0.1, 0.15) is 47.2 Å². The minimum atomic E-state index is -5.02. The van der Waals surface area contributed by atoms with Crippen LogP contribution in [0.3, 0.4) is 0 Å². The molecule has 1 fully saturated rings. The highest BCUT2D eigenvalue weighted by Crippen LogP contribution is 2.37. The SMILES string of the molecule is O=C(OCC1CCC(Cn2c3ccccc3c3ccccc32)CC1)c1cc(C(F)(F)F)cc(C(F)(F)F)c1. The van der Waals surface area contributed by atoms with Crippen molar-refractivity contribution in [2.45, 2.75) is 44.6 Å². The quantitative estimate of drug-likeness (QED) is 0.190. The number of esters is 1. The Bertz CT molecular complexity index is 1380. The maximum atomic E-state index is 13.1. The Labute approximate surface area is 215 Å². The molecular formula is C29H25F6NO2. The Hall–Kier alpha value is -3.49. The molecule has 1 saturated carbocycles. The molecule has 0 amide bonds. The summed E-state index contributed by atoms with van der Waals surface area (Å²) in [6, 6.07) is 17.3. The third-order valence-corrected chi connectivity index (χ3v) is 7.36. The van der Waals surface area contributed by atoms with E-state index >= 15 is 0 Å². The van der Waals surface area contributed by atoms with Gasteiger partial charge < -0.3 is 9.30 Å². The Kier molecular flexibility index (Phi) is 6.88. The van der Waals surface area contributed by atoms with Crippen molar-refractivity contribution in [3.63, 3.8) is 0 Å². The molecule has 200 valence electrons. The molecule has 1 heterocycles. The van der Waals surface area contributed by atoms with E-state index < -0.39 is 35.0 Å². The summed E-state index contributed by atoms with van der Waals surface area (Å²) in [7, 11) is 0. The number of carbonyl (C=O) groups is 1. The zero-order valence-corrected chi connectivity index (χ0v) is 20.3. The van der Waals surface area contributed by atoms with Crippen LogP contribution in [0.15, 0.2) is 66.7 Å². The Morgan fingerprint density at radius 1 is 0.737 bits per heavy atom. The molecule has 1 aliphatic rings. The smallest absolute Gasteiger partial charge is 0.416 e. The van der Waals surface area contributed by atoms with Crippen LogP contribution in [0, 0.1) is 11.8 Å². The van der Waals surface area contributed by atoms with Gasteiger partial charge >= 0.3 is 18.3 Å². The normalized spacial score (nSPS) is 18.7. The van der Waals surface area contributed by atoms with Crippen LogP contribution in [0.25, 0.3) is 21.8 Å². The fraction of sp³-hybridized carbons (Fsp3) is 0.345. The second-order valence-corrected chi connectivity index (χ2v) is 9.92. The first kappa shape index (κ1) is 26.1. The highest BCUT2D eigenvalue weighted by atomic mass is 19.4. The molecule has 0 saturated heterocycles. The molecule has 0 aliphatic heterocycles. The summed E-state index contributed by atoms with van der Waals surface area (Å²) in [5, 5.41) is 2.40. The zero-order chi connectivity index (χ0) is 27.1. The molecule has 0 radical (unpaired) electrons. The lowest BCUT2D eigenvalue weighted by molar-refractivity contribution is -0.143. The van der Waals surface area contributed by atoms with Crippen molar-refractivity contribution < 1.29 is 35.9 Å². The Balaban J connectivity index is 1.22. The van der Waals surface area contributed by atoms with E-state index in [9.17, 15) is 31.1 Å². The van der Waals surface area contributed by atoms with Gasteiger partial charge in [0, 0.05) is 28.4 Å². The summed E-state index contributed by atoms with van der Waals surface area (Å²) in [6.07, 6.45) is -6.78. The fourth-order valence-electron chi connectivity index (χ4n) is 5.39. The van der Waals surface area contributed by atoms with Gasteiger partial charge in [0.05, 0.1) is 23.3 Å². The molecule has 9 heteroatoms. The summed E-state index contributed by atoms with van der Waals surface area (Å²) in [4.78, 5) is 12.4. The highest BCUT2D eigenvalue weighted by Gasteiger charge is 2.38. The predicted molar refractivity (Wildman–Crippen MR) is 132 cm³/mol. The van der Waals surface area contributed by atoms with Crippen molar-refractivity contribution in [2.75, 3.05) is 6.61 Å². The second-order valence-electron chi connectivity index (χ2n) is 9.92. The van der Waals surface area contributed by atoms with Gasteiger partial charge in [0.25, 0.3) is 0 Å².